The number of anilines is 2. The maximum atomic E-state index is 13.0. The highest BCUT2D eigenvalue weighted by molar-refractivity contribution is 5.97. The predicted octanol–water partition coefficient (Wildman–Crippen LogP) is 6.15. The Kier molecular flexibility index (Phi) is 7.82. The van der Waals surface area contributed by atoms with Crippen LogP contribution < -0.4 is 5.32 Å². The molecule has 0 atom stereocenters. The molecule has 8 heteroatoms. The highest BCUT2D eigenvalue weighted by atomic mass is 16.2. The summed E-state index contributed by atoms with van der Waals surface area (Å²) < 4.78 is 2.15. The highest BCUT2D eigenvalue weighted by Gasteiger charge is 2.27. The topological polar surface area (TPSA) is 79.2 Å². The van der Waals surface area contributed by atoms with Crippen molar-refractivity contribution >= 4 is 28.7 Å². The van der Waals surface area contributed by atoms with Gasteiger partial charge in [-0.25, -0.2) is 9.97 Å². The zero-order valence-electron chi connectivity index (χ0n) is 23.6. The lowest BCUT2D eigenvalue weighted by Crippen LogP contribution is -2.37. The Morgan fingerprint density at radius 2 is 1.69 bits per heavy atom. The SMILES string of the molecule is CN(C)C(=O)c1cc2cnc(Nc3ccc(C4CCN(CC5CCCCC5)CC4)cn3)nc2n1C1CCCC1. The summed E-state index contributed by atoms with van der Waals surface area (Å²) in [6, 6.07) is 6.50. The van der Waals surface area contributed by atoms with Crippen LogP contribution in [0.2, 0.25) is 0 Å². The third-order valence-electron chi connectivity index (χ3n) is 9.22. The van der Waals surface area contributed by atoms with Crippen molar-refractivity contribution in [1.82, 2.24) is 29.3 Å². The summed E-state index contributed by atoms with van der Waals surface area (Å²) in [5, 5.41) is 4.21. The van der Waals surface area contributed by atoms with Gasteiger partial charge in [-0.1, -0.05) is 38.2 Å². The summed E-state index contributed by atoms with van der Waals surface area (Å²) in [6.45, 7) is 3.70. The van der Waals surface area contributed by atoms with Gasteiger partial charge in [0.1, 0.15) is 17.2 Å². The van der Waals surface area contributed by atoms with Crippen molar-refractivity contribution in [3.05, 3.63) is 41.9 Å². The van der Waals surface area contributed by atoms with Gasteiger partial charge in [0, 0.05) is 44.5 Å². The molecule has 3 aliphatic rings. The van der Waals surface area contributed by atoms with E-state index in [-0.39, 0.29) is 5.91 Å². The average molecular weight is 530 g/mol. The van der Waals surface area contributed by atoms with Crippen LogP contribution in [0.25, 0.3) is 11.0 Å². The number of fused-ring (bicyclic) bond motifs is 1. The van der Waals surface area contributed by atoms with E-state index in [9.17, 15) is 4.79 Å². The summed E-state index contributed by atoms with van der Waals surface area (Å²) >= 11 is 0. The second-order valence-electron chi connectivity index (χ2n) is 12.2. The van der Waals surface area contributed by atoms with Crippen molar-refractivity contribution in [2.75, 3.05) is 39.0 Å². The molecule has 3 aromatic rings. The molecule has 1 amide bonds. The molecule has 0 unspecified atom stereocenters. The summed E-state index contributed by atoms with van der Waals surface area (Å²) in [7, 11) is 3.60. The number of carbonyl (C=O) groups excluding carboxylic acids is 1. The van der Waals surface area contributed by atoms with Gasteiger partial charge < -0.3 is 19.7 Å². The molecule has 2 aliphatic carbocycles. The molecule has 1 aliphatic heterocycles. The highest BCUT2D eigenvalue weighted by Crippen LogP contribution is 2.35. The van der Waals surface area contributed by atoms with Crippen molar-refractivity contribution in [1.29, 1.82) is 0 Å². The molecule has 208 valence electrons. The number of rotatable bonds is 7. The van der Waals surface area contributed by atoms with Gasteiger partial charge >= 0.3 is 0 Å². The second kappa shape index (κ2) is 11.6. The van der Waals surface area contributed by atoms with Crippen LogP contribution in [0.1, 0.15) is 98.6 Å². The number of hydrogen-bond donors (Lipinski definition) is 1. The van der Waals surface area contributed by atoms with E-state index in [0.29, 0.717) is 23.6 Å². The van der Waals surface area contributed by atoms with E-state index in [1.807, 2.05) is 24.5 Å². The molecule has 3 aromatic heterocycles. The Bertz CT molecular complexity index is 1260. The molecule has 3 fully saturated rings. The fourth-order valence-electron chi connectivity index (χ4n) is 7.01. The van der Waals surface area contributed by atoms with Crippen LogP contribution in [0.4, 0.5) is 11.8 Å². The molecular weight excluding hydrogens is 486 g/mol. The predicted molar refractivity (Wildman–Crippen MR) is 156 cm³/mol. The molecule has 1 saturated heterocycles. The molecule has 6 rings (SSSR count). The smallest absolute Gasteiger partial charge is 0.270 e. The number of piperidine rings is 1. The van der Waals surface area contributed by atoms with Gasteiger partial charge in [-0.05, 0) is 81.1 Å². The Balaban J connectivity index is 1.12. The summed E-state index contributed by atoms with van der Waals surface area (Å²) in [5.74, 6) is 2.77. The lowest BCUT2D eigenvalue weighted by molar-refractivity contribution is 0.0815. The van der Waals surface area contributed by atoms with E-state index in [1.54, 1.807) is 19.0 Å². The van der Waals surface area contributed by atoms with Gasteiger partial charge in [-0.3, -0.25) is 4.79 Å². The van der Waals surface area contributed by atoms with Crippen LogP contribution in [-0.2, 0) is 0 Å². The molecule has 4 heterocycles. The standard InChI is InChI=1S/C31H43N7O/c1-36(2)30(39)27-18-25-20-33-31(35-29(25)38(27)26-10-6-7-11-26)34-28-13-12-24(19-32-28)23-14-16-37(17-15-23)21-22-8-4-3-5-9-22/h12-13,18-20,22-23,26H,3-11,14-17,21H2,1-2H3,(H,32,33,34,35). The first-order chi connectivity index (χ1) is 19.0. The molecule has 8 nitrogen and oxygen atoms in total. The molecule has 0 aromatic carbocycles. The van der Waals surface area contributed by atoms with Crippen LogP contribution >= 0.6 is 0 Å². The number of hydrogen-bond acceptors (Lipinski definition) is 6. The van der Waals surface area contributed by atoms with Crippen LogP contribution in [0.3, 0.4) is 0 Å². The Morgan fingerprint density at radius 3 is 2.38 bits per heavy atom. The first kappa shape index (κ1) is 26.2. The fraction of sp³-hybridized carbons (Fsp3) is 0.613. The number of aromatic nitrogens is 4. The van der Waals surface area contributed by atoms with Crippen LogP contribution in [-0.4, -0.2) is 69.0 Å². The molecule has 0 bridgehead atoms. The molecule has 0 spiro atoms. The molecule has 39 heavy (non-hydrogen) atoms. The van der Waals surface area contributed by atoms with Gasteiger partial charge in [0.2, 0.25) is 5.95 Å². The van der Waals surface area contributed by atoms with E-state index >= 15 is 0 Å². The Morgan fingerprint density at radius 1 is 0.949 bits per heavy atom. The van der Waals surface area contributed by atoms with Gasteiger partial charge in [0.25, 0.3) is 5.91 Å². The van der Waals surface area contributed by atoms with E-state index in [2.05, 4.69) is 25.8 Å². The number of likely N-dealkylation sites (tertiary alicyclic amines) is 1. The summed E-state index contributed by atoms with van der Waals surface area (Å²) in [5.41, 5.74) is 2.85. The maximum absolute atomic E-state index is 13.0. The van der Waals surface area contributed by atoms with Gasteiger partial charge in [-0.2, -0.15) is 4.98 Å². The van der Waals surface area contributed by atoms with Crippen LogP contribution in [0.15, 0.2) is 30.6 Å². The monoisotopic (exact) mass is 529 g/mol. The minimum Gasteiger partial charge on any atom is -0.343 e. The van der Waals surface area contributed by atoms with E-state index in [1.165, 1.54) is 83.0 Å². The van der Waals surface area contributed by atoms with E-state index < -0.39 is 0 Å². The van der Waals surface area contributed by atoms with Gasteiger partial charge in [0.15, 0.2) is 0 Å². The van der Waals surface area contributed by atoms with Crippen molar-refractivity contribution < 1.29 is 4.79 Å². The van der Waals surface area contributed by atoms with Crippen LogP contribution in [0.5, 0.6) is 0 Å². The average Bonchev–Trinajstić information content (AvgIpc) is 3.62. The number of amides is 1. The Hall–Kier alpha value is -3.00. The maximum Gasteiger partial charge on any atom is 0.270 e. The van der Waals surface area contributed by atoms with Crippen molar-refractivity contribution in [3.8, 4) is 0 Å². The minimum absolute atomic E-state index is 0.00600. The van der Waals surface area contributed by atoms with Crippen LogP contribution in [0, 0.1) is 5.92 Å². The third kappa shape index (κ3) is 5.81. The molecule has 0 radical (unpaired) electrons. The molecule has 2 saturated carbocycles. The summed E-state index contributed by atoms with van der Waals surface area (Å²) in [6.07, 6.45) is 17.9. The largest absolute Gasteiger partial charge is 0.343 e. The number of pyridine rings is 1. The van der Waals surface area contributed by atoms with Gasteiger partial charge in [0.05, 0.1) is 0 Å². The van der Waals surface area contributed by atoms with E-state index in [4.69, 9.17) is 9.97 Å². The molecule has 1 N–H and O–H groups in total. The quantitative estimate of drug-likeness (QED) is 0.396. The zero-order chi connectivity index (χ0) is 26.8. The summed E-state index contributed by atoms with van der Waals surface area (Å²) in [4.78, 5) is 31.4. The number of nitrogens with zero attached hydrogens (tertiary/aromatic N) is 6. The lowest BCUT2D eigenvalue weighted by Gasteiger charge is -2.35. The van der Waals surface area contributed by atoms with E-state index in [0.717, 1.165) is 35.6 Å². The fourth-order valence-corrected chi connectivity index (χ4v) is 7.01. The number of nitrogens with one attached hydrogen (secondary N) is 1. The first-order valence-electron chi connectivity index (χ1n) is 15.1. The molecular formula is C31H43N7O. The van der Waals surface area contributed by atoms with Crippen molar-refractivity contribution in [3.63, 3.8) is 0 Å². The normalized spacial score (nSPS) is 20.1. The third-order valence-corrected chi connectivity index (χ3v) is 9.22. The first-order valence-corrected chi connectivity index (χ1v) is 15.1. The van der Waals surface area contributed by atoms with Gasteiger partial charge in [-0.15, -0.1) is 0 Å². The lowest BCUT2D eigenvalue weighted by atomic mass is 9.87. The number of carbonyl (C=O) groups is 1. The second-order valence-corrected chi connectivity index (χ2v) is 12.2. The van der Waals surface area contributed by atoms with Crippen molar-refractivity contribution in [2.24, 2.45) is 5.92 Å². The van der Waals surface area contributed by atoms with Crippen molar-refractivity contribution in [2.45, 2.75) is 82.6 Å². The Labute approximate surface area is 232 Å². The zero-order valence-corrected chi connectivity index (χ0v) is 23.6. The minimum atomic E-state index is 0.00600.